The van der Waals surface area contributed by atoms with Crippen molar-refractivity contribution in [1.82, 2.24) is 4.90 Å². The second-order valence-corrected chi connectivity index (χ2v) is 7.83. The first kappa shape index (κ1) is 20.0. The minimum atomic E-state index is -1.01. The number of rotatable bonds is 5. The van der Waals surface area contributed by atoms with Gasteiger partial charge in [0, 0.05) is 11.3 Å². The Bertz CT molecular complexity index is 671. The number of hydrogen-bond donors (Lipinski definition) is 2. The van der Waals surface area contributed by atoms with Crippen molar-refractivity contribution >= 4 is 35.7 Å². The maximum Gasteiger partial charge on any atom is 0.404 e. The van der Waals surface area contributed by atoms with Crippen molar-refractivity contribution in [3.8, 4) is 0 Å². The molecule has 0 radical (unpaired) electrons. The summed E-state index contributed by atoms with van der Waals surface area (Å²) >= 11 is 1.33. The molecule has 4 N–H and O–H groups in total. The van der Waals surface area contributed by atoms with Gasteiger partial charge in [0.1, 0.15) is 23.7 Å². The van der Waals surface area contributed by atoms with Crippen molar-refractivity contribution in [2.75, 3.05) is 19.2 Å². The Morgan fingerprint density at radius 1 is 1.23 bits per heavy atom. The van der Waals surface area contributed by atoms with E-state index < -0.39 is 47.6 Å². The monoisotopic (exact) mass is 387 g/mol. The number of thioether (sulfide) groups is 1. The quantitative estimate of drug-likeness (QED) is 0.367. The van der Waals surface area contributed by atoms with Gasteiger partial charge in [-0.3, -0.25) is 14.5 Å². The van der Waals surface area contributed by atoms with Gasteiger partial charge >= 0.3 is 18.0 Å². The number of esters is 2. The van der Waals surface area contributed by atoms with E-state index in [0.29, 0.717) is 11.3 Å². The molecule has 2 aliphatic rings. The summed E-state index contributed by atoms with van der Waals surface area (Å²) in [6.45, 7) is 4.10. The van der Waals surface area contributed by atoms with Crippen LogP contribution in [0, 0.1) is 5.41 Å². The molecule has 2 rings (SSSR count). The number of nitrogens with two attached hydrogens (primary N) is 2. The van der Waals surface area contributed by atoms with Crippen LogP contribution in [0.5, 0.6) is 0 Å². The van der Waals surface area contributed by atoms with E-state index in [9.17, 15) is 19.2 Å². The van der Waals surface area contributed by atoms with Crippen molar-refractivity contribution in [2.45, 2.75) is 32.2 Å². The van der Waals surface area contributed by atoms with E-state index in [-0.39, 0.29) is 12.3 Å². The number of hydrogen-bond acceptors (Lipinski definition) is 9. The van der Waals surface area contributed by atoms with Crippen LogP contribution in [0.2, 0.25) is 0 Å². The molecule has 2 amide bonds. The zero-order chi connectivity index (χ0) is 19.6. The fourth-order valence-electron chi connectivity index (χ4n) is 2.26. The predicted octanol–water partition coefficient (Wildman–Crippen LogP) is -0.332. The van der Waals surface area contributed by atoms with E-state index in [1.807, 2.05) is 0 Å². The standard InChI is InChI=1S/C15H21N3O7S/c1-15(2,3)13(21)25-6-24-12(20)9-7(4-23-14(17)22)5-26-11-8(16)10(19)18(9)11/h8,11H,4-6,16H2,1-3H3,(H2,17,22)/t8?,11-/m1/s1. The summed E-state index contributed by atoms with van der Waals surface area (Å²) in [7, 11) is 0. The lowest BCUT2D eigenvalue weighted by Crippen LogP contribution is -2.68. The van der Waals surface area contributed by atoms with Crippen LogP contribution in [0.4, 0.5) is 4.79 Å². The van der Waals surface area contributed by atoms with Crippen molar-refractivity contribution in [2.24, 2.45) is 16.9 Å². The lowest BCUT2D eigenvalue weighted by Gasteiger charge is -2.48. The summed E-state index contributed by atoms with van der Waals surface area (Å²) in [4.78, 5) is 48.2. The number of β-lactam (4-membered cyclic amide) rings is 1. The maximum absolute atomic E-state index is 12.4. The first-order valence-electron chi connectivity index (χ1n) is 7.73. The highest BCUT2D eigenvalue weighted by Crippen LogP contribution is 2.39. The minimum absolute atomic E-state index is 0.0616. The third-order valence-electron chi connectivity index (χ3n) is 3.66. The van der Waals surface area contributed by atoms with Crippen molar-refractivity contribution in [1.29, 1.82) is 0 Å². The van der Waals surface area contributed by atoms with Gasteiger partial charge in [-0.15, -0.1) is 11.8 Å². The molecule has 26 heavy (non-hydrogen) atoms. The first-order valence-corrected chi connectivity index (χ1v) is 8.77. The Morgan fingerprint density at radius 3 is 2.46 bits per heavy atom. The highest BCUT2D eigenvalue weighted by Gasteiger charge is 2.52. The number of primary amides is 1. The average molecular weight is 387 g/mol. The molecule has 0 aliphatic carbocycles. The van der Waals surface area contributed by atoms with E-state index in [4.69, 9.17) is 25.7 Å². The van der Waals surface area contributed by atoms with Gasteiger partial charge < -0.3 is 25.7 Å². The normalized spacial score (nSPS) is 22.3. The van der Waals surface area contributed by atoms with Crippen molar-refractivity contribution in [3.63, 3.8) is 0 Å². The van der Waals surface area contributed by atoms with Gasteiger partial charge in [0.25, 0.3) is 0 Å². The number of nitrogens with zero attached hydrogens (tertiary/aromatic N) is 1. The van der Waals surface area contributed by atoms with Gasteiger partial charge in [-0.25, -0.2) is 9.59 Å². The highest BCUT2D eigenvalue weighted by atomic mass is 32.2. The van der Waals surface area contributed by atoms with E-state index in [0.717, 1.165) is 0 Å². The van der Waals surface area contributed by atoms with Gasteiger partial charge in [-0.2, -0.15) is 0 Å². The van der Waals surface area contributed by atoms with E-state index >= 15 is 0 Å². The van der Waals surface area contributed by atoms with E-state index in [1.165, 1.54) is 16.7 Å². The summed E-state index contributed by atoms with van der Waals surface area (Å²) in [6.07, 6.45) is -1.01. The minimum Gasteiger partial charge on any atom is -0.445 e. The summed E-state index contributed by atoms with van der Waals surface area (Å²) in [6, 6.07) is -0.722. The molecule has 2 atom stereocenters. The van der Waals surface area contributed by atoms with Gasteiger partial charge in [0.05, 0.1) is 5.41 Å². The largest absolute Gasteiger partial charge is 0.445 e. The van der Waals surface area contributed by atoms with Crippen LogP contribution < -0.4 is 11.5 Å². The fraction of sp³-hybridized carbons (Fsp3) is 0.600. The molecule has 0 spiro atoms. The molecule has 1 fully saturated rings. The average Bonchev–Trinajstić information content (AvgIpc) is 2.57. The summed E-state index contributed by atoms with van der Waals surface area (Å²) in [5, 5.41) is -0.403. The first-order chi connectivity index (χ1) is 12.0. The van der Waals surface area contributed by atoms with Crippen LogP contribution in [-0.2, 0) is 28.6 Å². The molecule has 2 aliphatic heterocycles. The Hall–Kier alpha value is -2.27. The zero-order valence-electron chi connectivity index (χ0n) is 14.6. The second kappa shape index (κ2) is 7.54. The molecule has 0 bridgehead atoms. The molecular weight excluding hydrogens is 366 g/mol. The lowest BCUT2D eigenvalue weighted by molar-refractivity contribution is -0.173. The number of fused-ring (bicyclic) bond motifs is 1. The molecule has 0 saturated carbocycles. The molecule has 1 unspecified atom stereocenters. The number of carbonyl (C=O) groups is 4. The molecule has 144 valence electrons. The molecule has 0 aromatic rings. The van der Waals surface area contributed by atoms with Crippen LogP contribution in [0.15, 0.2) is 11.3 Å². The summed E-state index contributed by atoms with van der Waals surface area (Å²) < 4.78 is 14.6. The molecule has 0 aromatic heterocycles. The van der Waals surface area contributed by atoms with Crippen LogP contribution in [0.25, 0.3) is 0 Å². The van der Waals surface area contributed by atoms with Crippen molar-refractivity contribution in [3.05, 3.63) is 11.3 Å². The Balaban J connectivity index is 2.11. The van der Waals surface area contributed by atoms with Crippen LogP contribution >= 0.6 is 11.8 Å². The fourth-order valence-corrected chi connectivity index (χ4v) is 3.53. The molecule has 2 heterocycles. The molecule has 1 saturated heterocycles. The maximum atomic E-state index is 12.4. The predicted molar refractivity (Wildman–Crippen MR) is 90.1 cm³/mol. The van der Waals surface area contributed by atoms with Gasteiger partial charge in [0.2, 0.25) is 12.7 Å². The van der Waals surface area contributed by atoms with Crippen molar-refractivity contribution < 1.29 is 33.4 Å². The molecular formula is C15H21N3O7S. The van der Waals surface area contributed by atoms with Crippen LogP contribution in [0.1, 0.15) is 20.8 Å². The van der Waals surface area contributed by atoms with Gasteiger partial charge in [0.15, 0.2) is 0 Å². The Kier molecular flexibility index (Phi) is 5.81. The molecule has 0 aromatic carbocycles. The topological polar surface area (TPSA) is 151 Å². The summed E-state index contributed by atoms with van der Waals surface area (Å²) in [5.74, 6) is -1.56. The molecule has 10 nitrogen and oxygen atoms in total. The number of ether oxygens (including phenoxy) is 3. The Morgan fingerprint density at radius 2 is 1.88 bits per heavy atom. The summed E-state index contributed by atoms with van der Waals surface area (Å²) in [5.41, 5.74) is 10.2. The third-order valence-corrected chi connectivity index (χ3v) is 5.02. The van der Waals surface area contributed by atoms with Crippen LogP contribution in [0.3, 0.4) is 0 Å². The number of amides is 2. The lowest BCUT2D eigenvalue weighted by atomic mass is 9.98. The van der Waals surface area contributed by atoms with Crippen LogP contribution in [-0.4, -0.2) is 59.4 Å². The van der Waals surface area contributed by atoms with E-state index in [2.05, 4.69) is 0 Å². The highest BCUT2D eigenvalue weighted by molar-refractivity contribution is 8.00. The van der Waals surface area contributed by atoms with Gasteiger partial charge in [-0.1, -0.05) is 0 Å². The Labute approximate surface area is 154 Å². The molecule has 11 heteroatoms. The second-order valence-electron chi connectivity index (χ2n) is 6.73. The SMILES string of the molecule is CC(C)(C)C(=O)OCOC(=O)C1=C(COC(N)=O)CS[C@@H]2C(N)C(=O)N12. The smallest absolute Gasteiger partial charge is 0.404 e. The number of carbonyl (C=O) groups excluding carboxylic acids is 4. The van der Waals surface area contributed by atoms with E-state index in [1.54, 1.807) is 20.8 Å². The zero-order valence-corrected chi connectivity index (χ0v) is 15.5. The van der Waals surface area contributed by atoms with Gasteiger partial charge in [-0.05, 0) is 20.8 Å². The third kappa shape index (κ3) is 4.10.